The van der Waals surface area contributed by atoms with E-state index in [0.29, 0.717) is 37.5 Å². The van der Waals surface area contributed by atoms with Gasteiger partial charge in [0.25, 0.3) is 11.7 Å². The number of nitrogens with one attached hydrogen (secondary N) is 1. The van der Waals surface area contributed by atoms with Crippen LogP contribution in [0.3, 0.4) is 0 Å². The van der Waals surface area contributed by atoms with Crippen molar-refractivity contribution in [3.05, 3.63) is 59.6 Å². The number of piperazine rings is 1. The normalized spacial score (nSPS) is 14.5. The molecule has 3 heterocycles. The maximum absolute atomic E-state index is 12.6. The lowest BCUT2D eigenvalue weighted by atomic mass is 10.1. The molecule has 0 aliphatic carbocycles. The van der Waals surface area contributed by atoms with Gasteiger partial charge in [-0.25, -0.2) is 4.98 Å². The first-order valence-corrected chi connectivity index (χ1v) is 9.76. The fraction of sp³-hybridized carbons (Fsp3) is 0.286. The zero-order chi connectivity index (χ0) is 21.1. The Kier molecular flexibility index (Phi) is 5.42. The molecule has 4 rings (SSSR count). The highest BCUT2D eigenvalue weighted by Crippen LogP contribution is 2.18. The van der Waals surface area contributed by atoms with Crippen LogP contribution in [0.15, 0.2) is 42.7 Å². The van der Waals surface area contributed by atoms with E-state index in [1.165, 1.54) is 6.33 Å². The van der Waals surface area contributed by atoms with Gasteiger partial charge >= 0.3 is 0 Å². The Morgan fingerprint density at radius 3 is 2.53 bits per heavy atom. The number of nitrogens with zero attached hydrogens (tertiary/aromatic N) is 6. The molecule has 154 valence electrons. The summed E-state index contributed by atoms with van der Waals surface area (Å²) >= 11 is 0. The summed E-state index contributed by atoms with van der Waals surface area (Å²) in [6.45, 7) is 4.59. The van der Waals surface area contributed by atoms with E-state index in [1.807, 2.05) is 30.0 Å². The molecule has 1 aliphatic rings. The number of fused-ring (bicyclic) bond motifs is 1. The van der Waals surface area contributed by atoms with Crippen molar-refractivity contribution < 1.29 is 9.59 Å². The topological polar surface area (TPSA) is 95.7 Å². The molecule has 9 heteroatoms. The van der Waals surface area contributed by atoms with E-state index in [0.717, 1.165) is 17.1 Å². The van der Waals surface area contributed by atoms with Crippen molar-refractivity contribution in [3.8, 4) is 0 Å². The molecule has 0 atom stereocenters. The van der Waals surface area contributed by atoms with Crippen LogP contribution < -0.4 is 10.2 Å². The average Bonchev–Trinajstić information content (AvgIpc) is 3.25. The number of hydrogen-bond acceptors (Lipinski definition) is 6. The smallest absolute Gasteiger partial charge is 0.254 e. The van der Waals surface area contributed by atoms with E-state index in [-0.39, 0.29) is 11.8 Å². The van der Waals surface area contributed by atoms with Crippen LogP contribution in [0.1, 0.15) is 21.6 Å². The maximum atomic E-state index is 12.6. The predicted molar refractivity (Wildman–Crippen MR) is 113 cm³/mol. The lowest BCUT2D eigenvalue weighted by molar-refractivity contribution is -0.126. The van der Waals surface area contributed by atoms with Crippen LogP contribution >= 0.6 is 0 Å². The van der Waals surface area contributed by atoms with E-state index < -0.39 is 0 Å². The van der Waals surface area contributed by atoms with Gasteiger partial charge in [0.2, 0.25) is 5.91 Å². The van der Waals surface area contributed by atoms with Gasteiger partial charge in [-0.3, -0.25) is 9.59 Å². The Hall–Kier alpha value is -3.75. The molecule has 1 fully saturated rings. The Morgan fingerprint density at radius 2 is 1.83 bits per heavy atom. The summed E-state index contributed by atoms with van der Waals surface area (Å²) in [5.74, 6) is 1.36. The minimum atomic E-state index is -0.132. The van der Waals surface area contributed by atoms with Crippen molar-refractivity contribution in [1.82, 2.24) is 29.8 Å². The van der Waals surface area contributed by atoms with Crippen molar-refractivity contribution in [2.24, 2.45) is 0 Å². The van der Waals surface area contributed by atoms with E-state index in [2.05, 4.69) is 25.3 Å². The second-order valence-corrected chi connectivity index (χ2v) is 7.07. The SMILES string of the molecule is CNC(=O)c1ccc(/C=C/C(=O)N2CCN(c3cc(C)nc4ncnn34)CC2)cc1. The summed E-state index contributed by atoms with van der Waals surface area (Å²) in [6, 6.07) is 9.11. The van der Waals surface area contributed by atoms with Gasteiger partial charge in [0.1, 0.15) is 12.1 Å². The van der Waals surface area contributed by atoms with Gasteiger partial charge in [-0.2, -0.15) is 14.6 Å². The maximum Gasteiger partial charge on any atom is 0.254 e. The molecule has 1 saturated heterocycles. The fourth-order valence-corrected chi connectivity index (χ4v) is 3.46. The molecular formula is C21H23N7O2. The van der Waals surface area contributed by atoms with E-state index in [9.17, 15) is 9.59 Å². The number of benzene rings is 1. The van der Waals surface area contributed by atoms with Crippen molar-refractivity contribution >= 4 is 29.5 Å². The molecular weight excluding hydrogens is 382 g/mol. The van der Waals surface area contributed by atoms with Crippen LogP contribution in [0.4, 0.5) is 5.82 Å². The zero-order valence-corrected chi connectivity index (χ0v) is 16.9. The van der Waals surface area contributed by atoms with Crippen molar-refractivity contribution in [1.29, 1.82) is 0 Å². The number of carbonyl (C=O) groups is 2. The van der Waals surface area contributed by atoms with Gasteiger partial charge in [0.15, 0.2) is 0 Å². The zero-order valence-electron chi connectivity index (χ0n) is 16.9. The van der Waals surface area contributed by atoms with Gasteiger partial charge in [-0.05, 0) is 30.7 Å². The number of hydrogen-bond donors (Lipinski definition) is 1. The number of carbonyl (C=O) groups excluding carboxylic acids is 2. The average molecular weight is 405 g/mol. The van der Waals surface area contributed by atoms with Crippen LogP contribution in [-0.4, -0.2) is 69.5 Å². The highest BCUT2D eigenvalue weighted by molar-refractivity contribution is 5.95. The van der Waals surface area contributed by atoms with Crippen LogP contribution in [0.25, 0.3) is 11.9 Å². The molecule has 0 saturated carbocycles. The van der Waals surface area contributed by atoms with E-state index in [4.69, 9.17) is 0 Å². The lowest BCUT2D eigenvalue weighted by Gasteiger charge is -2.35. The highest BCUT2D eigenvalue weighted by atomic mass is 16.2. The number of aryl methyl sites for hydroxylation is 1. The first kappa shape index (κ1) is 19.6. The van der Waals surface area contributed by atoms with Crippen LogP contribution in [0, 0.1) is 6.92 Å². The Balaban J connectivity index is 1.38. The lowest BCUT2D eigenvalue weighted by Crippen LogP contribution is -2.48. The Bertz CT molecular complexity index is 1100. The number of aromatic nitrogens is 4. The van der Waals surface area contributed by atoms with Gasteiger partial charge in [0.05, 0.1) is 0 Å². The summed E-state index contributed by atoms with van der Waals surface area (Å²) in [5.41, 5.74) is 2.34. The van der Waals surface area contributed by atoms with Crippen LogP contribution in [0.2, 0.25) is 0 Å². The third-order valence-corrected chi connectivity index (χ3v) is 5.09. The largest absolute Gasteiger partial charge is 0.355 e. The van der Waals surface area contributed by atoms with Gasteiger partial charge in [-0.15, -0.1) is 0 Å². The number of anilines is 1. The summed E-state index contributed by atoms with van der Waals surface area (Å²) < 4.78 is 1.73. The van der Waals surface area contributed by atoms with Crippen molar-refractivity contribution in [3.63, 3.8) is 0 Å². The number of rotatable bonds is 4. The standard InChI is InChI=1S/C21H23N7O2/c1-15-13-18(28-21(25-15)23-14-24-28)26-9-11-27(12-10-26)19(29)8-5-16-3-6-17(7-4-16)20(30)22-2/h3-8,13-14H,9-12H2,1-2H3,(H,22,30)/b8-5+. The van der Waals surface area contributed by atoms with Gasteiger partial charge in [0, 0.05) is 56.6 Å². The quantitative estimate of drug-likeness (QED) is 0.655. The summed E-state index contributed by atoms with van der Waals surface area (Å²) in [6.07, 6.45) is 4.85. The molecule has 30 heavy (non-hydrogen) atoms. The minimum absolute atomic E-state index is 0.0261. The molecule has 9 nitrogen and oxygen atoms in total. The van der Waals surface area contributed by atoms with Gasteiger partial charge in [-0.1, -0.05) is 12.1 Å². The van der Waals surface area contributed by atoms with Crippen molar-refractivity contribution in [2.75, 3.05) is 38.1 Å². The summed E-state index contributed by atoms with van der Waals surface area (Å²) in [4.78, 5) is 36.7. The highest BCUT2D eigenvalue weighted by Gasteiger charge is 2.22. The Morgan fingerprint density at radius 1 is 1.10 bits per heavy atom. The van der Waals surface area contributed by atoms with E-state index >= 15 is 0 Å². The fourth-order valence-electron chi connectivity index (χ4n) is 3.46. The molecule has 2 aromatic heterocycles. The number of amides is 2. The van der Waals surface area contributed by atoms with E-state index in [1.54, 1.807) is 35.8 Å². The molecule has 0 unspecified atom stereocenters. The second-order valence-electron chi connectivity index (χ2n) is 7.07. The van der Waals surface area contributed by atoms with Crippen molar-refractivity contribution in [2.45, 2.75) is 6.92 Å². The molecule has 0 spiro atoms. The first-order valence-electron chi connectivity index (χ1n) is 9.76. The monoisotopic (exact) mass is 405 g/mol. The molecule has 0 bridgehead atoms. The second kappa shape index (κ2) is 8.32. The molecule has 1 aromatic carbocycles. The molecule has 0 radical (unpaired) electrons. The molecule has 1 N–H and O–H groups in total. The summed E-state index contributed by atoms with van der Waals surface area (Å²) in [7, 11) is 1.60. The molecule has 2 amide bonds. The predicted octanol–water partition coefficient (Wildman–Crippen LogP) is 1.15. The van der Waals surface area contributed by atoms with Crippen LogP contribution in [0.5, 0.6) is 0 Å². The van der Waals surface area contributed by atoms with Gasteiger partial charge < -0.3 is 15.1 Å². The third kappa shape index (κ3) is 4.00. The molecule has 3 aromatic rings. The Labute approximate surface area is 174 Å². The third-order valence-electron chi connectivity index (χ3n) is 5.09. The summed E-state index contributed by atoms with van der Waals surface area (Å²) in [5, 5.41) is 6.85. The van der Waals surface area contributed by atoms with Crippen LogP contribution in [-0.2, 0) is 4.79 Å². The molecule has 1 aliphatic heterocycles. The minimum Gasteiger partial charge on any atom is -0.355 e. The first-order chi connectivity index (χ1) is 14.5.